The van der Waals surface area contributed by atoms with Gasteiger partial charge in [-0.2, -0.15) is 5.26 Å². The van der Waals surface area contributed by atoms with E-state index in [1.807, 2.05) is 6.07 Å². The number of hydrogen-bond acceptors (Lipinski definition) is 4. The fraction of sp³-hybridized carbons (Fsp3) is 0.0625. The molecule has 2 aromatic carbocycles. The van der Waals surface area contributed by atoms with Crippen molar-refractivity contribution in [3.05, 3.63) is 68.7 Å². The van der Waals surface area contributed by atoms with Crippen molar-refractivity contribution < 1.29 is 9.66 Å². The summed E-state index contributed by atoms with van der Waals surface area (Å²) in [7, 11) is 1.51. The molecule has 0 atom stereocenters. The second-order valence-corrected chi connectivity index (χ2v) is 4.80. The number of methoxy groups -OCH3 is 1. The summed E-state index contributed by atoms with van der Waals surface area (Å²) < 4.78 is 5.22. The molecular formula is C16H11ClN2O3. The van der Waals surface area contributed by atoms with Gasteiger partial charge in [0.25, 0.3) is 5.69 Å². The lowest BCUT2D eigenvalue weighted by Crippen LogP contribution is -1.91. The lowest BCUT2D eigenvalue weighted by atomic mass is 10.0. The number of non-ortho nitro benzene ring substituents is 1. The van der Waals surface area contributed by atoms with Crippen LogP contribution in [0.4, 0.5) is 5.69 Å². The largest absolute Gasteiger partial charge is 0.496 e. The van der Waals surface area contributed by atoms with Crippen molar-refractivity contribution in [2.45, 2.75) is 0 Å². The van der Waals surface area contributed by atoms with Crippen LogP contribution in [0.5, 0.6) is 5.75 Å². The van der Waals surface area contributed by atoms with Crippen molar-refractivity contribution in [1.82, 2.24) is 0 Å². The Hall–Kier alpha value is -2.84. The van der Waals surface area contributed by atoms with E-state index in [0.717, 1.165) is 0 Å². The molecule has 2 rings (SSSR count). The second kappa shape index (κ2) is 6.74. The zero-order chi connectivity index (χ0) is 16.1. The van der Waals surface area contributed by atoms with E-state index in [-0.39, 0.29) is 11.3 Å². The summed E-state index contributed by atoms with van der Waals surface area (Å²) in [5.41, 5.74) is 1.29. The van der Waals surface area contributed by atoms with Gasteiger partial charge in [0, 0.05) is 22.7 Å². The minimum absolute atomic E-state index is 0.0725. The van der Waals surface area contributed by atoms with Crippen LogP contribution in [0.3, 0.4) is 0 Å². The van der Waals surface area contributed by atoms with E-state index in [1.165, 1.54) is 25.3 Å². The van der Waals surface area contributed by atoms with Crippen molar-refractivity contribution in [2.75, 3.05) is 7.11 Å². The minimum atomic E-state index is -0.502. The van der Waals surface area contributed by atoms with Crippen LogP contribution in [0.2, 0.25) is 5.02 Å². The van der Waals surface area contributed by atoms with Crippen molar-refractivity contribution in [3.63, 3.8) is 0 Å². The number of allylic oxidation sites excluding steroid dienone is 1. The van der Waals surface area contributed by atoms with Crippen LogP contribution in [-0.4, -0.2) is 12.0 Å². The highest BCUT2D eigenvalue weighted by molar-refractivity contribution is 6.30. The Balaban J connectivity index is 2.53. The lowest BCUT2D eigenvalue weighted by molar-refractivity contribution is -0.384. The molecule has 0 aromatic heterocycles. The molecule has 0 bridgehead atoms. The van der Waals surface area contributed by atoms with E-state index in [1.54, 1.807) is 30.3 Å². The first kappa shape index (κ1) is 15.5. The van der Waals surface area contributed by atoms with Crippen LogP contribution >= 0.6 is 11.6 Å². The highest BCUT2D eigenvalue weighted by atomic mass is 35.5. The maximum atomic E-state index is 10.8. The van der Waals surface area contributed by atoms with Crippen LogP contribution in [0.15, 0.2) is 42.5 Å². The second-order valence-electron chi connectivity index (χ2n) is 4.36. The third-order valence-electron chi connectivity index (χ3n) is 2.98. The summed E-state index contributed by atoms with van der Waals surface area (Å²) >= 11 is 5.96. The number of nitrogens with zero attached hydrogens (tertiary/aromatic N) is 2. The van der Waals surface area contributed by atoms with Gasteiger partial charge in [-0.15, -0.1) is 0 Å². The molecule has 0 aliphatic heterocycles. The van der Waals surface area contributed by atoms with E-state index >= 15 is 0 Å². The zero-order valence-corrected chi connectivity index (χ0v) is 12.4. The molecule has 0 fully saturated rings. The normalized spacial score (nSPS) is 10.9. The van der Waals surface area contributed by atoms with Crippen molar-refractivity contribution in [1.29, 1.82) is 5.26 Å². The number of nitro groups is 1. The molecule has 0 aliphatic carbocycles. The summed E-state index contributed by atoms with van der Waals surface area (Å²) in [6.07, 6.45) is 1.59. The van der Waals surface area contributed by atoms with Crippen LogP contribution in [0.1, 0.15) is 11.1 Å². The van der Waals surface area contributed by atoms with Gasteiger partial charge in [0.1, 0.15) is 5.75 Å². The Morgan fingerprint density at radius 3 is 2.77 bits per heavy atom. The molecule has 0 radical (unpaired) electrons. The number of hydrogen-bond donors (Lipinski definition) is 0. The fourth-order valence-corrected chi connectivity index (χ4v) is 2.12. The van der Waals surface area contributed by atoms with Crippen molar-refractivity contribution >= 4 is 28.9 Å². The molecule has 110 valence electrons. The summed E-state index contributed by atoms with van der Waals surface area (Å²) in [5.74, 6) is 0.558. The predicted molar refractivity (Wildman–Crippen MR) is 84.6 cm³/mol. The molecule has 2 aromatic rings. The summed E-state index contributed by atoms with van der Waals surface area (Å²) in [5, 5.41) is 20.7. The third kappa shape index (κ3) is 3.43. The Kier molecular flexibility index (Phi) is 4.77. The Morgan fingerprint density at radius 2 is 2.14 bits per heavy atom. The lowest BCUT2D eigenvalue weighted by Gasteiger charge is -2.06. The maximum absolute atomic E-state index is 10.8. The quantitative estimate of drug-likeness (QED) is 0.364. The van der Waals surface area contributed by atoms with Gasteiger partial charge in [-0.25, -0.2) is 0 Å². The zero-order valence-electron chi connectivity index (χ0n) is 11.6. The van der Waals surface area contributed by atoms with Gasteiger partial charge in [-0.1, -0.05) is 23.7 Å². The third-order valence-corrected chi connectivity index (χ3v) is 3.22. The number of nitriles is 1. The Labute approximate surface area is 132 Å². The van der Waals surface area contributed by atoms with Crippen molar-refractivity contribution in [2.24, 2.45) is 0 Å². The highest BCUT2D eigenvalue weighted by Crippen LogP contribution is 2.28. The van der Waals surface area contributed by atoms with Gasteiger partial charge >= 0.3 is 0 Å². The molecule has 0 heterocycles. The first-order valence-electron chi connectivity index (χ1n) is 6.25. The molecule has 6 heteroatoms. The first-order chi connectivity index (χ1) is 10.5. The standard InChI is InChI=1S/C16H11ClN2O3/c1-22-16-6-5-14(17)8-12(16)7-13(10-18)11-3-2-4-15(9-11)19(20)21/h2-9H,1H3/b13-7-. The molecule has 22 heavy (non-hydrogen) atoms. The Bertz CT molecular complexity index is 794. The monoisotopic (exact) mass is 314 g/mol. The molecule has 0 spiro atoms. The van der Waals surface area contributed by atoms with Crippen LogP contribution in [0.25, 0.3) is 11.6 Å². The smallest absolute Gasteiger partial charge is 0.270 e. The highest BCUT2D eigenvalue weighted by Gasteiger charge is 2.10. The van der Waals surface area contributed by atoms with Gasteiger partial charge in [0.15, 0.2) is 0 Å². The summed E-state index contributed by atoms with van der Waals surface area (Å²) in [6.45, 7) is 0. The van der Waals surface area contributed by atoms with E-state index in [4.69, 9.17) is 16.3 Å². The van der Waals surface area contributed by atoms with Gasteiger partial charge in [-0.3, -0.25) is 10.1 Å². The van der Waals surface area contributed by atoms with E-state index in [2.05, 4.69) is 0 Å². The van der Waals surface area contributed by atoms with Crippen LogP contribution in [0, 0.1) is 21.4 Å². The molecule has 0 saturated heterocycles. The molecule has 0 aliphatic rings. The first-order valence-corrected chi connectivity index (χ1v) is 6.63. The molecule has 5 nitrogen and oxygen atoms in total. The fourth-order valence-electron chi connectivity index (χ4n) is 1.94. The van der Waals surface area contributed by atoms with Crippen LogP contribution < -0.4 is 4.74 Å². The average molecular weight is 315 g/mol. The topological polar surface area (TPSA) is 76.2 Å². The molecular weight excluding hydrogens is 304 g/mol. The predicted octanol–water partition coefficient (Wildman–Crippen LogP) is 4.32. The van der Waals surface area contributed by atoms with Crippen LogP contribution in [-0.2, 0) is 0 Å². The van der Waals surface area contributed by atoms with E-state index in [0.29, 0.717) is 21.9 Å². The molecule has 0 amide bonds. The average Bonchev–Trinajstić information content (AvgIpc) is 2.52. The maximum Gasteiger partial charge on any atom is 0.270 e. The molecule has 0 saturated carbocycles. The van der Waals surface area contributed by atoms with Crippen molar-refractivity contribution in [3.8, 4) is 11.8 Å². The minimum Gasteiger partial charge on any atom is -0.496 e. The number of benzene rings is 2. The number of ether oxygens (including phenoxy) is 1. The summed E-state index contributed by atoms with van der Waals surface area (Å²) in [4.78, 5) is 10.3. The Morgan fingerprint density at radius 1 is 1.36 bits per heavy atom. The number of halogens is 1. The van der Waals surface area contributed by atoms with Gasteiger partial charge < -0.3 is 4.74 Å². The van der Waals surface area contributed by atoms with E-state index in [9.17, 15) is 15.4 Å². The van der Waals surface area contributed by atoms with Gasteiger partial charge in [0.2, 0.25) is 0 Å². The van der Waals surface area contributed by atoms with E-state index < -0.39 is 4.92 Å². The van der Waals surface area contributed by atoms with Gasteiger partial charge in [0.05, 0.1) is 23.7 Å². The SMILES string of the molecule is COc1ccc(Cl)cc1/C=C(/C#N)c1cccc([N+](=O)[O-])c1. The number of nitro benzene ring substituents is 1. The molecule has 0 N–H and O–H groups in total. The number of rotatable bonds is 4. The summed E-state index contributed by atoms with van der Waals surface area (Å²) in [6, 6.07) is 13.0. The molecule has 0 unspecified atom stereocenters. The van der Waals surface area contributed by atoms with Gasteiger partial charge in [-0.05, 0) is 29.8 Å².